The molecule has 1 saturated heterocycles. The van der Waals surface area contributed by atoms with Gasteiger partial charge in [0.1, 0.15) is 23.7 Å². The molecular formula is C26H24FN7O. The Bertz CT molecular complexity index is 1490. The molecule has 0 bridgehead atoms. The van der Waals surface area contributed by atoms with E-state index >= 15 is 0 Å². The van der Waals surface area contributed by atoms with Gasteiger partial charge in [-0.25, -0.2) is 14.4 Å². The minimum absolute atomic E-state index is 0.232. The highest BCUT2D eigenvalue weighted by molar-refractivity contribution is 5.88. The first kappa shape index (κ1) is 20.5. The van der Waals surface area contributed by atoms with Crippen LogP contribution in [0.3, 0.4) is 0 Å². The van der Waals surface area contributed by atoms with Crippen molar-refractivity contribution >= 4 is 22.4 Å². The average molecular weight is 470 g/mol. The standard InChI is InChI=1S/C26H24FN7O/c1-29-22-6-15(27)5-18-17(22)8-23-24(18)25(34-10-14-4-20(28)19(14)11-34)33-26(32-23)35-16-3-2-13-9-30-12-31-21(13)7-16/h2-3,5-7,9,12,14,19-20,29H,4,8,10-11,28H2,1H3/t14-,19+,20-/m1/s1. The number of halogens is 1. The van der Waals surface area contributed by atoms with Crippen LogP contribution in [0, 0.1) is 17.7 Å². The second kappa shape index (κ2) is 7.58. The molecule has 9 heteroatoms. The first-order chi connectivity index (χ1) is 17.1. The van der Waals surface area contributed by atoms with Crippen molar-refractivity contribution < 1.29 is 9.13 Å². The Morgan fingerprint density at radius 1 is 1.17 bits per heavy atom. The molecule has 3 heterocycles. The van der Waals surface area contributed by atoms with E-state index < -0.39 is 0 Å². The van der Waals surface area contributed by atoms with Crippen molar-refractivity contribution in [2.45, 2.75) is 18.9 Å². The van der Waals surface area contributed by atoms with Crippen molar-refractivity contribution in [3.63, 3.8) is 0 Å². The van der Waals surface area contributed by atoms with E-state index in [-0.39, 0.29) is 17.9 Å². The number of benzene rings is 2. The van der Waals surface area contributed by atoms with Gasteiger partial charge in [0.05, 0.1) is 11.2 Å². The largest absolute Gasteiger partial charge is 0.424 e. The zero-order chi connectivity index (χ0) is 23.7. The lowest BCUT2D eigenvalue weighted by Gasteiger charge is -2.36. The maximum absolute atomic E-state index is 14.5. The summed E-state index contributed by atoms with van der Waals surface area (Å²) in [4.78, 5) is 20.3. The first-order valence-corrected chi connectivity index (χ1v) is 11.9. The Morgan fingerprint density at radius 2 is 2.09 bits per heavy atom. The molecule has 7 rings (SSSR count). The quantitative estimate of drug-likeness (QED) is 0.410. The molecule has 35 heavy (non-hydrogen) atoms. The summed E-state index contributed by atoms with van der Waals surface area (Å²) < 4.78 is 20.7. The fourth-order valence-corrected chi connectivity index (χ4v) is 5.85. The lowest BCUT2D eigenvalue weighted by Crippen LogP contribution is -2.46. The van der Waals surface area contributed by atoms with Gasteiger partial charge >= 0.3 is 6.01 Å². The SMILES string of the molecule is CNc1cc(F)cc2c1Cc1nc(Oc3ccc4cncnc4c3)nc(N3C[C@H]4C[C@@H](N)[C@H]4C3)c1-2. The number of nitrogens with two attached hydrogens (primary N) is 1. The van der Waals surface area contributed by atoms with Crippen LogP contribution in [0.25, 0.3) is 22.0 Å². The fraction of sp³-hybridized carbons (Fsp3) is 0.308. The van der Waals surface area contributed by atoms with Crippen molar-refractivity contribution in [1.29, 1.82) is 0 Å². The second-order valence-electron chi connectivity index (χ2n) is 9.63. The normalized spacial score (nSPS) is 21.9. The molecule has 0 spiro atoms. The lowest BCUT2D eigenvalue weighted by atomic mass is 9.72. The highest BCUT2D eigenvalue weighted by Gasteiger charge is 2.46. The van der Waals surface area contributed by atoms with E-state index in [1.54, 1.807) is 12.3 Å². The minimum Gasteiger partial charge on any atom is -0.424 e. The first-order valence-electron chi connectivity index (χ1n) is 11.9. The molecule has 4 aromatic rings. The van der Waals surface area contributed by atoms with Crippen LogP contribution in [0.5, 0.6) is 11.8 Å². The third-order valence-electron chi connectivity index (χ3n) is 7.65. The molecule has 2 aliphatic carbocycles. The summed E-state index contributed by atoms with van der Waals surface area (Å²) in [5.41, 5.74) is 11.4. The molecule has 176 valence electrons. The van der Waals surface area contributed by atoms with Crippen LogP contribution in [0.4, 0.5) is 15.9 Å². The Morgan fingerprint density at radius 3 is 2.91 bits per heavy atom. The molecule has 1 saturated carbocycles. The van der Waals surface area contributed by atoms with Crippen molar-refractivity contribution in [3.8, 4) is 22.9 Å². The van der Waals surface area contributed by atoms with Gasteiger partial charge in [0.2, 0.25) is 0 Å². The number of aromatic nitrogens is 4. The van der Waals surface area contributed by atoms with E-state index in [9.17, 15) is 4.39 Å². The molecule has 0 radical (unpaired) electrons. The molecule has 2 aromatic heterocycles. The van der Waals surface area contributed by atoms with Crippen LogP contribution in [-0.2, 0) is 6.42 Å². The van der Waals surface area contributed by atoms with Crippen LogP contribution in [0.2, 0.25) is 0 Å². The van der Waals surface area contributed by atoms with E-state index in [4.69, 9.17) is 20.4 Å². The summed E-state index contributed by atoms with van der Waals surface area (Å²) in [6.07, 6.45) is 4.89. The van der Waals surface area contributed by atoms with Crippen LogP contribution in [-0.4, -0.2) is 46.1 Å². The predicted octanol–water partition coefficient (Wildman–Crippen LogP) is 3.75. The van der Waals surface area contributed by atoms with Gasteiger partial charge in [0.15, 0.2) is 0 Å². The number of anilines is 2. The number of hydrogen-bond donors (Lipinski definition) is 2. The molecule has 2 aromatic carbocycles. The summed E-state index contributed by atoms with van der Waals surface area (Å²) in [7, 11) is 1.81. The summed E-state index contributed by atoms with van der Waals surface area (Å²) in [6.45, 7) is 1.73. The second-order valence-corrected chi connectivity index (χ2v) is 9.63. The van der Waals surface area contributed by atoms with Gasteiger partial charge in [-0.2, -0.15) is 9.97 Å². The van der Waals surface area contributed by atoms with E-state index in [1.165, 1.54) is 12.4 Å². The monoisotopic (exact) mass is 469 g/mol. The van der Waals surface area contributed by atoms with E-state index in [2.05, 4.69) is 20.2 Å². The van der Waals surface area contributed by atoms with Crippen LogP contribution in [0.1, 0.15) is 17.7 Å². The van der Waals surface area contributed by atoms with Gasteiger partial charge in [-0.3, -0.25) is 0 Å². The van der Waals surface area contributed by atoms with E-state index in [0.717, 1.165) is 64.3 Å². The van der Waals surface area contributed by atoms with Crippen molar-refractivity contribution in [2.24, 2.45) is 17.6 Å². The number of ether oxygens (including phenoxy) is 1. The Hall–Kier alpha value is -3.85. The summed E-state index contributed by atoms with van der Waals surface area (Å²) in [5.74, 6) is 2.14. The molecule has 3 N–H and O–H groups in total. The smallest absolute Gasteiger partial charge is 0.324 e. The number of fused-ring (bicyclic) bond motifs is 5. The molecule has 3 atom stereocenters. The van der Waals surface area contributed by atoms with Gasteiger partial charge in [-0.15, -0.1) is 0 Å². The molecule has 3 aliphatic rings. The number of hydrogen-bond acceptors (Lipinski definition) is 8. The van der Waals surface area contributed by atoms with Gasteiger partial charge in [0, 0.05) is 61.5 Å². The maximum Gasteiger partial charge on any atom is 0.324 e. The average Bonchev–Trinajstić information content (AvgIpc) is 3.40. The molecule has 0 amide bonds. The summed E-state index contributed by atoms with van der Waals surface area (Å²) in [5, 5.41) is 4.06. The Labute approximate surface area is 201 Å². The molecule has 0 unspecified atom stereocenters. The predicted molar refractivity (Wildman–Crippen MR) is 131 cm³/mol. The van der Waals surface area contributed by atoms with Gasteiger partial charge in [-0.1, -0.05) is 0 Å². The van der Waals surface area contributed by atoms with Gasteiger partial charge in [0.25, 0.3) is 0 Å². The van der Waals surface area contributed by atoms with Crippen LogP contribution < -0.4 is 20.7 Å². The van der Waals surface area contributed by atoms with Crippen molar-refractivity contribution in [1.82, 2.24) is 19.9 Å². The zero-order valence-corrected chi connectivity index (χ0v) is 19.2. The molecule has 2 fully saturated rings. The zero-order valence-electron chi connectivity index (χ0n) is 19.2. The van der Waals surface area contributed by atoms with E-state index in [0.29, 0.717) is 24.0 Å². The van der Waals surface area contributed by atoms with E-state index in [1.807, 2.05) is 25.2 Å². The Kier molecular flexibility index (Phi) is 4.44. The molecular weight excluding hydrogens is 445 g/mol. The maximum atomic E-state index is 14.5. The number of nitrogens with one attached hydrogen (secondary N) is 1. The summed E-state index contributed by atoms with van der Waals surface area (Å²) >= 11 is 0. The minimum atomic E-state index is -0.283. The van der Waals surface area contributed by atoms with Gasteiger partial charge in [-0.05, 0) is 53.6 Å². The van der Waals surface area contributed by atoms with Crippen molar-refractivity contribution in [3.05, 3.63) is 59.9 Å². The number of nitrogens with zero attached hydrogens (tertiary/aromatic N) is 5. The Balaban J connectivity index is 1.33. The van der Waals surface area contributed by atoms with Crippen LogP contribution in [0.15, 0.2) is 42.9 Å². The summed E-state index contributed by atoms with van der Waals surface area (Å²) in [6, 6.07) is 9.25. The fourth-order valence-electron chi connectivity index (χ4n) is 5.85. The number of rotatable bonds is 4. The third kappa shape index (κ3) is 3.22. The van der Waals surface area contributed by atoms with Crippen molar-refractivity contribution in [2.75, 3.05) is 30.4 Å². The highest BCUT2D eigenvalue weighted by Crippen LogP contribution is 2.48. The van der Waals surface area contributed by atoms with Crippen LogP contribution >= 0.6 is 0 Å². The third-order valence-corrected chi connectivity index (χ3v) is 7.65. The highest BCUT2D eigenvalue weighted by atomic mass is 19.1. The van der Waals surface area contributed by atoms with Gasteiger partial charge < -0.3 is 20.7 Å². The molecule has 8 nitrogen and oxygen atoms in total. The molecule has 1 aliphatic heterocycles. The topological polar surface area (TPSA) is 102 Å². The lowest BCUT2D eigenvalue weighted by molar-refractivity contribution is 0.194.